The summed E-state index contributed by atoms with van der Waals surface area (Å²) in [5.41, 5.74) is -0.938. The van der Waals surface area contributed by atoms with Crippen molar-refractivity contribution in [3.05, 3.63) is 11.6 Å². The summed E-state index contributed by atoms with van der Waals surface area (Å²) in [6.07, 6.45) is 0.898. The molecule has 1 rings (SSSR count). The summed E-state index contributed by atoms with van der Waals surface area (Å²) >= 11 is 0. The Kier molecular flexibility index (Phi) is 5.24. The van der Waals surface area contributed by atoms with Gasteiger partial charge in [-0.1, -0.05) is 27.7 Å². The second-order valence-electron chi connectivity index (χ2n) is 5.17. The van der Waals surface area contributed by atoms with E-state index in [0.29, 0.717) is 18.7 Å². The maximum Gasteiger partial charge on any atom is 0.311 e. The summed E-state index contributed by atoms with van der Waals surface area (Å²) in [7, 11) is 0. The molecule has 0 radical (unpaired) electrons. The molecule has 0 atom stereocenters. The molecule has 112 valence electrons. The molecular formula is C13H22N4O3. The standard InChI is InChI=1S/C13H22N4O3/c1-5-13(6-2,12(19)20)7-14-11(18)10-15-9(8(3)4)16-17-10/h8H,5-7H2,1-4H3,(H,14,18)(H,19,20)(H,15,16,17). The number of H-pyrrole nitrogens is 1. The smallest absolute Gasteiger partial charge is 0.311 e. The van der Waals surface area contributed by atoms with Gasteiger partial charge >= 0.3 is 5.97 Å². The fourth-order valence-corrected chi connectivity index (χ4v) is 1.84. The third kappa shape index (κ3) is 3.34. The van der Waals surface area contributed by atoms with E-state index in [-0.39, 0.29) is 18.3 Å². The van der Waals surface area contributed by atoms with E-state index in [1.165, 1.54) is 0 Å². The van der Waals surface area contributed by atoms with Crippen molar-refractivity contribution in [3.8, 4) is 0 Å². The van der Waals surface area contributed by atoms with Crippen molar-refractivity contribution >= 4 is 11.9 Å². The van der Waals surface area contributed by atoms with Crippen molar-refractivity contribution in [2.24, 2.45) is 5.41 Å². The average Bonchev–Trinajstić information content (AvgIpc) is 2.89. The predicted octanol–water partition coefficient (Wildman–Crippen LogP) is 1.55. The molecule has 20 heavy (non-hydrogen) atoms. The van der Waals surface area contributed by atoms with E-state index in [0.717, 1.165) is 0 Å². The number of hydrogen-bond acceptors (Lipinski definition) is 4. The number of carbonyl (C=O) groups is 2. The van der Waals surface area contributed by atoms with Gasteiger partial charge in [0, 0.05) is 12.5 Å². The van der Waals surface area contributed by atoms with Crippen LogP contribution < -0.4 is 5.32 Å². The lowest BCUT2D eigenvalue weighted by molar-refractivity contribution is -0.149. The van der Waals surface area contributed by atoms with Crippen LogP contribution in [0.5, 0.6) is 0 Å². The van der Waals surface area contributed by atoms with Gasteiger partial charge in [-0.05, 0) is 12.8 Å². The van der Waals surface area contributed by atoms with E-state index in [9.17, 15) is 14.7 Å². The zero-order valence-corrected chi connectivity index (χ0v) is 12.4. The highest BCUT2D eigenvalue weighted by atomic mass is 16.4. The first kappa shape index (κ1) is 16.1. The molecule has 0 aliphatic heterocycles. The Labute approximate surface area is 118 Å². The number of carboxylic acid groups (broad SMARTS) is 1. The third-order valence-electron chi connectivity index (χ3n) is 3.65. The molecule has 0 saturated heterocycles. The summed E-state index contributed by atoms with van der Waals surface area (Å²) in [6, 6.07) is 0. The van der Waals surface area contributed by atoms with Crippen LogP contribution in [0.1, 0.15) is 62.9 Å². The highest BCUT2D eigenvalue weighted by Crippen LogP contribution is 2.25. The van der Waals surface area contributed by atoms with Gasteiger partial charge in [-0.3, -0.25) is 14.7 Å². The normalized spacial score (nSPS) is 11.7. The molecule has 1 heterocycles. The summed E-state index contributed by atoms with van der Waals surface area (Å²) < 4.78 is 0. The van der Waals surface area contributed by atoms with Crippen molar-refractivity contribution in [2.45, 2.75) is 46.5 Å². The summed E-state index contributed by atoms with van der Waals surface area (Å²) in [4.78, 5) is 27.4. The fourth-order valence-electron chi connectivity index (χ4n) is 1.84. The van der Waals surface area contributed by atoms with Crippen LogP contribution in [-0.2, 0) is 4.79 Å². The van der Waals surface area contributed by atoms with Gasteiger partial charge in [0.2, 0.25) is 5.82 Å². The van der Waals surface area contributed by atoms with Crippen LogP contribution in [-0.4, -0.2) is 38.7 Å². The number of carboxylic acids is 1. The molecule has 7 nitrogen and oxygen atoms in total. The number of hydrogen-bond donors (Lipinski definition) is 3. The van der Waals surface area contributed by atoms with Crippen LogP contribution in [0.2, 0.25) is 0 Å². The zero-order valence-electron chi connectivity index (χ0n) is 12.4. The Morgan fingerprint density at radius 2 is 1.95 bits per heavy atom. The molecule has 0 unspecified atom stereocenters. The molecule has 0 saturated carbocycles. The van der Waals surface area contributed by atoms with Crippen LogP contribution in [0.4, 0.5) is 0 Å². The zero-order chi connectivity index (χ0) is 15.3. The molecule has 1 aromatic rings. The fraction of sp³-hybridized carbons (Fsp3) is 0.692. The van der Waals surface area contributed by atoms with Crippen LogP contribution in [0.3, 0.4) is 0 Å². The van der Waals surface area contributed by atoms with Crippen LogP contribution in [0, 0.1) is 5.41 Å². The summed E-state index contributed by atoms with van der Waals surface area (Å²) in [5.74, 6) is -0.541. The number of nitrogens with one attached hydrogen (secondary N) is 2. The molecule has 0 bridgehead atoms. The Hall–Kier alpha value is -1.92. The van der Waals surface area contributed by atoms with Gasteiger partial charge in [-0.2, -0.15) is 0 Å². The molecule has 3 N–H and O–H groups in total. The Balaban J connectivity index is 2.72. The molecule has 1 amide bonds. The molecular weight excluding hydrogens is 260 g/mol. The Morgan fingerprint density at radius 1 is 1.35 bits per heavy atom. The van der Waals surface area contributed by atoms with E-state index in [2.05, 4.69) is 20.5 Å². The number of nitrogens with zero attached hydrogens (tertiary/aromatic N) is 2. The minimum absolute atomic E-state index is 0.0418. The largest absolute Gasteiger partial charge is 0.481 e. The third-order valence-corrected chi connectivity index (χ3v) is 3.65. The molecule has 1 aromatic heterocycles. The van der Waals surface area contributed by atoms with Crippen molar-refractivity contribution < 1.29 is 14.7 Å². The highest BCUT2D eigenvalue weighted by molar-refractivity contribution is 5.90. The van der Waals surface area contributed by atoms with Gasteiger partial charge in [0.25, 0.3) is 5.91 Å². The van der Waals surface area contributed by atoms with Crippen LogP contribution in [0.25, 0.3) is 0 Å². The molecule has 7 heteroatoms. The van der Waals surface area contributed by atoms with Gasteiger partial charge in [0.15, 0.2) is 0 Å². The lowest BCUT2D eigenvalue weighted by atomic mass is 9.82. The van der Waals surface area contributed by atoms with Crippen LogP contribution in [0.15, 0.2) is 0 Å². The maximum absolute atomic E-state index is 11.9. The van der Waals surface area contributed by atoms with Crippen molar-refractivity contribution in [1.82, 2.24) is 20.5 Å². The Bertz CT molecular complexity index is 478. The lowest BCUT2D eigenvalue weighted by Gasteiger charge is -2.26. The van der Waals surface area contributed by atoms with E-state index < -0.39 is 17.3 Å². The van der Waals surface area contributed by atoms with Gasteiger partial charge in [-0.15, -0.1) is 5.10 Å². The minimum atomic E-state index is -0.938. The van der Waals surface area contributed by atoms with Gasteiger partial charge in [0.1, 0.15) is 5.82 Å². The van der Waals surface area contributed by atoms with E-state index in [1.54, 1.807) is 13.8 Å². The van der Waals surface area contributed by atoms with E-state index >= 15 is 0 Å². The molecule has 0 aliphatic rings. The number of rotatable bonds is 7. The molecule has 0 aliphatic carbocycles. The Morgan fingerprint density at radius 3 is 2.35 bits per heavy atom. The predicted molar refractivity (Wildman–Crippen MR) is 73.5 cm³/mol. The summed E-state index contributed by atoms with van der Waals surface area (Å²) in [6.45, 7) is 7.54. The number of aliphatic carboxylic acids is 1. The second-order valence-corrected chi connectivity index (χ2v) is 5.17. The van der Waals surface area contributed by atoms with Crippen molar-refractivity contribution in [2.75, 3.05) is 6.54 Å². The highest BCUT2D eigenvalue weighted by Gasteiger charge is 2.35. The van der Waals surface area contributed by atoms with Gasteiger partial charge < -0.3 is 10.4 Å². The minimum Gasteiger partial charge on any atom is -0.481 e. The monoisotopic (exact) mass is 282 g/mol. The van der Waals surface area contributed by atoms with Crippen molar-refractivity contribution in [1.29, 1.82) is 0 Å². The second kappa shape index (κ2) is 6.49. The van der Waals surface area contributed by atoms with E-state index in [1.807, 2.05) is 13.8 Å². The number of aromatic amines is 1. The number of amides is 1. The number of carbonyl (C=O) groups excluding carboxylic acids is 1. The topological polar surface area (TPSA) is 108 Å². The first-order valence-electron chi connectivity index (χ1n) is 6.80. The molecule has 0 fully saturated rings. The van der Waals surface area contributed by atoms with E-state index in [4.69, 9.17) is 0 Å². The summed E-state index contributed by atoms with van der Waals surface area (Å²) in [5, 5.41) is 18.4. The first-order valence-corrected chi connectivity index (χ1v) is 6.80. The molecule has 0 spiro atoms. The average molecular weight is 282 g/mol. The van der Waals surface area contributed by atoms with Crippen LogP contribution >= 0.6 is 0 Å². The number of aromatic nitrogens is 3. The lowest BCUT2D eigenvalue weighted by Crippen LogP contribution is -2.42. The SMILES string of the molecule is CCC(CC)(CNC(=O)c1n[nH]c(C(C)C)n1)C(=O)O. The van der Waals surface area contributed by atoms with Crippen molar-refractivity contribution in [3.63, 3.8) is 0 Å². The van der Waals surface area contributed by atoms with Gasteiger partial charge in [0.05, 0.1) is 5.41 Å². The first-order chi connectivity index (χ1) is 9.36. The molecule has 0 aromatic carbocycles. The van der Waals surface area contributed by atoms with Gasteiger partial charge in [-0.25, -0.2) is 4.98 Å². The quantitative estimate of drug-likeness (QED) is 0.703. The maximum atomic E-state index is 11.9.